The lowest BCUT2D eigenvalue weighted by Crippen LogP contribution is -2.10. The molecule has 0 saturated carbocycles. The number of aromatic carboxylic acids is 1. The van der Waals surface area contributed by atoms with Crippen LogP contribution in [0.2, 0.25) is 0 Å². The minimum atomic E-state index is -3.72. The first kappa shape index (κ1) is 15.7. The largest absolute Gasteiger partial charge is 0.478 e. The number of carbonyl (C=O) groups is 1. The van der Waals surface area contributed by atoms with Crippen molar-refractivity contribution >= 4 is 59.0 Å². The number of sulfone groups is 1. The Morgan fingerprint density at radius 3 is 2.45 bits per heavy atom. The maximum absolute atomic E-state index is 12.4. The summed E-state index contributed by atoms with van der Waals surface area (Å²) in [5.41, 5.74) is -0.219. The van der Waals surface area contributed by atoms with Crippen LogP contribution >= 0.6 is 43.2 Å². The van der Waals surface area contributed by atoms with Gasteiger partial charge in [-0.1, -0.05) is 15.9 Å². The summed E-state index contributed by atoms with van der Waals surface area (Å²) >= 11 is 7.73. The third-order valence-corrected chi connectivity index (χ3v) is 6.54. The van der Waals surface area contributed by atoms with Gasteiger partial charge in [-0.15, -0.1) is 11.3 Å². The average molecular weight is 440 g/mol. The molecular weight excluding hydrogens is 432 g/mol. The Bertz CT molecular complexity index is 766. The minimum absolute atomic E-state index is 0.177. The quantitative estimate of drug-likeness (QED) is 0.782. The molecule has 1 aromatic carbocycles. The second-order valence-corrected chi connectivity index (χ2v) is 8.72. The number of carboxylic acid groups (broad SMARTS) is 1. The van der Waals surface area contributed by atoms with Crippen molar-refractivity contribution in [2.75, 3.05) is 0 Å². The summed E-state index contributed by atoms with van der Waals surface area (Å²) in [7, 11) is -3.72. The maximum Gasteiger partial charge on any atom is 0.337 e. The molecule has 20 heavy (non-hydrogen) atoms. The van der Waals surface area contributed by atoms with Gasteiger partial charge in [0.05, 0.1) is 16.2 Å². The molecule has 2 rings (SSSR count). The topological polar surface area (TPSA) is 71.4 Å². The Morgan fingerprint density at radius 1 is 1.20 bits per heavy atom. The normalized spacial score (nSPS) is 11.5. The van der Waals surface area contributed by atoms with Crippen molar-refractivity contribution in [1.82, 2.24) is 0 Å². The Labute approximate surface area is 136 Å². The highest BCUT2D eigenvalue weighted by molar-refractivity contribution is 9.10. The van der Waals surface area contributed by atoms with Crippen molar-refractivity contribution in [3.8, 4) is 0 Å². The molecule has 0 atom stereocenters. The van der Waals surface area contributed by atoms with Crippen molar-refractivity contribution in [1.29, 1.82) is 0 Å². The third kappa shape index (κ3) is 3.49. The summed E-state index contributed by atoms with van der Waals surface area (Å²) < 4.78 is 26.1. The van der Waals surface area contributed by atoms with Gasteiger partial charge in [0.25, 0.3) is 0 Å². The third-order valence-electron chi connectivity index (χ3n) is 2.46. The van der Waals surface area contributed by atoms with Crippen LogP contribution in [0, 0.1) is 0 Å². The highest BCUT2D eigenvalue weighted by Crippen LogP contribution is 2.28. The molecule has 0 aliphatic rings. The summed E-state index contributed by atoms with van der Waals surface area (Å²) in [4.78, 5) is 11.6. The first-order valence-electron chi connectivity index (χ1n) is 5.28. The van der Waals surface area contributed by atoms with Gasteiger partial charge < -0.3 is 5.11 Å². The molecule has 0 aliphatic carbocycles. The molecule has 0 aliphatic heterocycles. The van der Waals surface area contributed by atoms with Crippen molar-refractivity contribution in [3.63, 3.8) is 0 Å². The molecule has 2 aromatic rings. The van der Waals surface area contributed by atoms with E-state index in [4.69, 9.17) is 5.11 Å². The van der Waals surface area contributed by atoms with Crippen LogP contribution in [-0.4, -0.2) is 19.5 Å². The summed E-state index contributed by atoms with van der Waals surface area (Å²) in [6, 6.07) is 5.82. The van der Waals surface area contributed by atoms with E-state index in [0.717, 1.165) is 4.47 Å². The summed E-state index contributed by atoms with van der Waals surface area (Å²) in [6.07, 6.45) is 0. The zero-order chi connectivity index (χ0) is 14.9. The van der Waals surface area contributed by atoms with Crippen LogP contribution in [0.1, 0.15) is 15.2 Å². The van der Waals surface area contributed by atoms with E-state index in [-0.39, 0.29) is 16.2 Å². The summed E-state index contributed by atoms with van der Waals surface area (Å²) in [5.74, 6) is -1.48. The van der Waals surface area contributed by atoms with Crippen LogP contribution in [0.3, 0.4) is 0 Å². The fourth-order valence-corrected chi connectivity index (χ4v) is 5.52. The van der Waals surface area contributed by atoms with E-state index >= 15 is 0 Å². The second kappa shape index (κ2) is 5.97. The number of hydrogen-bond donors (Lipinski definition) is 1. The predicted octanol–water partition coefficient (Wildman–Crippen LogP) is 3.95. The Balaban J connectivity index is 2.48. The molecule has 1 N–H and O–H groups in total. The predicted molar refractivity (Wildman–Crippen MR) is 84.0 cm³/mol. The van der Waals surface area contributed by atoms with Crippen molar-refractivity contribution in [2.45, 2.75) is 10.6 Å². The zero-order valence-corrected chi connectivity index (χ0v) is 14.6. The summed E-state index contributed by atoms with van der Waals surface area (Å²) in [6.45, 7) is 0. The fourth-order valence-electron chi connectivity index (χ4n) is 1.62. The van der Waals surface area contributed by atoms with E-state index < -0.39 is 15.8 Å². The van der Waals surface area contributed by atoms with E-state index in [2.05, 4.69) is 31.9 Å². The maximum atomic E-state index is 12.4. The van der Waals surface area contributed by atoms with Crippen molar-refractivity contribution in [2.24, 2.45) is 0 Å². The van der Waals surface area contributed by atoms with Crippen molar-refractivity contribution < 1.29 is 18.3 Å². The van der Waals surface area contributed by atoms with E-state index in [1.807, 2.05) is 0 Å². The number of thiophene rings is 1. The number of halogens is 2. The fraction of sp³-hybridized carbons (Fsp3) is 0.0833. The standard InChI is InChI=1S/C12H8Br2O4S2/c13-7-1-2-10(12(15)16)11(4-7)20(17,18)6-9-3-8(14)5-19-9/h1-5H,6H2,(H,15,16). The number of hydrogen-bond acceptors (Lipinski definition) is 4. The van der Waals surface area contributed by atoms with Gasteiger partial charge >= 0.3 is 5.97 Å². The second-order valence-electron chi connectivity index (χ2n) is 3.94. The average Bonchev–Trinajstić information content (AvgIpc) is 2.73. The molecule has 0 radical (unpaired) electrons. The lowest BCUT2D eigenvalue weighted by Gasteiger charge is -2.07. The molecule has 0 saturated heterocycles. The van der Waals surface area contributed by atoms with Gasteiger partial charge in [-0.05, 0) is 40.2 Å². The van der Waals surface area contributed by atoms with Gasteiger partial charge in [-0.25, -0.2) is 13.2 Å². The van der Waals surface area contributed by atoms with Crippen LogP contribution in [0.5, 0.6) is 0 Å². The zero-order valence-electron chi connectivity index (χ0n) is 9.84. The highest BCUT2D eigenvalue weighted by Gasteiger charge is 2.23. The smallest absolute Gasteiger partial charge is 0.337 e. The van der Waals surface area contributed by atoms with Crippen LogP contribution < -0.4 is 0 Å². The number of carboxylic acids is 1. The lowest BCUT2D eigenvalue weighted by atomic mass is 10.2. The lowest BCUT2D eigenvalue weighted by molar-refractivity contribution is 0.0692. The van der Waals surface area contributed by atoms with Gasteiger partial charge in [0, 0.05) is 19.2 Å². The minimum Gasteiger partial charge on any atom is -0.478 e. The molecular formula is C12H8Br2O4S2. The Hall–Kier alpha value is -0.700. The highest BCUT2D eigenvalue weighted by atomic mass is 79.9. The van der Waals surface area contributed by atoms with Gasteiger partial charge in [0.15, 0.2) is 9.84 Å². The molecule has 1 heterocycles. The van der Waals surface area contributed by atoms with Crippen LogP contribution in [0.15, 0.2) is 43.5 Å². The SMILES string of the molecule is O=C(O)c1ccc(Br)cc1S(=O)(=O)Cc1cc(Br)cs1. The molecule has 0 unspecified atom stereocenters. The molecule has 0 bridgehead atoms. The molecule has 1 aromatic heterocycles. The van der Waals surface area contributed by atoms with Gasteiger partial charge in [-0.3, -0.25) is 0 Å². The van der Waals surface area contributed by atoms with Crippen LogP contribution in [0.4, 0.5) is 0 Å². The molecule has 0 spiro atoms. The van der Waals surface area contributed by atoms with Gasteiger partial charge in [0.1, 0.15) is 0 Å². The van der Waals surface area contributed by atoms with Gasteiger partial charge in [0.2, 0.25) is 0 Å². The van der Waals surface area contributed by atoms with Crippen molar-refractivity contribution in [3.05, 3.63) is 49.0 Å². The molecule has 0 amide bonds. The Morgan fingerprint density at radius 2 is 1.90 bits per heavy atom. The first-order valence-corrected chi connectivity index (χ1v) is 9.40. The van der Waals surface area contributed by atoms with Crippen LogP contribution in [-0.2, 0) is 15.6 Å². The monoisotopic (exact) mass is 438 g/mol. The van der Waals surface area contributed by atoms with E-state index in [0.29, 0.717) is 9.35 Å². The molecule has 0 fully saturated rings. The molecule has 8 heteroatoms. The number of rotatable bonds is 4. The van der Waals surface area contributed by atoms with Gasteiger partial charge in [-0.2, -0.15) is 0 Å². The number of benzene rings is 1. The van der Waals surface area contributed by atoms with E-state index in [9.17, 15) is 13.2 Å². The Kier molecular flexibility index (Phi) is 4.68. The van der Waals surface area contributed by atoms with Crippen LogP contribution in [0.25, 0.3) is 0 Å². The first-order chi connectivity index (χ1) is 9.29. The summed E-state index contributed by atoms with van der Waals surface area (Å²) in [5, 5.41) is 10.9. The molecule has 4 nitrogen and oxygen atoms in total. The molecule has 106 valence electrons. The van der Waals surface area contributed by atoms with E-state index in [1.165, 1.54) is 29.5 Å². The van der Waals surface area contributed by atoms with E-state index in [1.54, 1.807) is 11.4 Å².